The number of pyridine rings is 1. The van der Waals surface area contributed by atoms with Crippen LogP contribution in [0.3, 0.4) is 0 Å². The highest BCUT2D eigenvalue weighted by Gasteiger charge is 2.27. The third kappa shape index (κ3) is 5.44. The van der Waals surface area contributed by atoms with Gasteiger partial charge in [-0.05, 0) is 50.3 Å². The van der Waals surface area contributed by atoms with Crippen LogP contribution in [0.15, 0.2) is 35.3 Å². The molecule has 0 radical (unpaired) electrons. The van der Waals surface area contributed by atoms with Crippen molar-refractivity contribution in [2.24, 2.45) is 5.41 Å². The van der Waals surface area contributed by atoms with Gasteiger partial charge in [0, 0.05) is 18.3 Å². The Morgan fingerprint density at radius 3 is 2.45 bits per heavy atom. The molecule has 2 heterocycles. The second-order valence-corrected chi connectivity index (χ2v) is 10.1. The molecule has 0 amide bonds. The zero-order chi connectivity index (χ0) is 24.7. The van der Waals surface area contributed by atoms with Gasteiger partial charge < -0.3 is 9.30 Å². The molecule has 0 bridgehead atoms. The number of halogens is 1. The monoisotopic (exact) mass is 458 g/mol. The Hall–Kier alpha value is -3.56. The van der Waals surface area contributed by atoms with Crippen LogP contribution in [-0.2, 0) is 17.7 Å². The van der Waals surface area contributed by atoms with Crippen molar-refractivity contribution in [3.8, 4) is 0 Å². The van der Waals surface area contributed by atoms with E-state index in [1.807, 2.05) is 20.8 Å². The maximum atomic E-state index is 14.6. The SMILES string of the molecule is CC(C)(C)Cc1cc(F)cc2c1nc(Cn1cccc([N+](=O)[O-])c1=O)n2C(=O)OC(C)(C)C. The maximum absolute atomic E-state index is 14.6. The van der Waals surface area contributed by atoms with Crippen molar-refractivity contribution >= 4 is 22.8 Å². The summed E-state index contributed by atoms with van der Waals surface area (Å²) >= 11 is 0. The Balaban J connectivity index is 2.25. The lowest BCUT2D eigenvalue weighted by molar-refractivity contribution is -0.386. The molecule has 0 N–H and O–H groups in total. The van der Waals surface area contributed by atoms with Gasteiger partial charge in [-0.1, -0.05) is 20.8 Å². The van der Waals surface area contributed by atoms with Crippen molar-refractivity contribution in [1.29, 1.82) is 0 Å². The number of hydrogen-bond acceptors (Lipinski definition) is 6. The predicted molar refractivity (Wildman–Crippen MR) is 121 cm³/mol. The number of fused-ring (bicyclic) bond motifs is 1. The summed E-state index contributed by atoms with van der Waals surface area (Å²) in [6.07, 6.45) is 1.07. The van der Waals surface area contributed by atoms with Crippen LogP contribution in [0.2, 0.25) is 0 Å². The van der Waals surface area contributed by atoms with E-state index < -0.39 is 33.7 Å². The Morgan fingerprint density at radius 2 is 1.88 bits per heavy atom. The van der Waals surface area contributed by atoms with E-state index in [0.29, 0.717) is 17.5 Å². The largest absolute Gasteiger partial charge is 0.443 e. The summed E-state index contributed by atoms with van der Waals surface area (Å²) in [4.78, 5) is 40.6. The summed E-state index contributed by atoms with van der Waals surface area (Å²) in [5.41, 5.74) is -1.25. The van der Waals surface area contributed by atoms with Gasteiger partial charge in [-0.15, -0.1) is 0 Å². The van der Waals surface area contributed by atoms with Crippen LogP contribution in [0.1, 0.15) is 52.9 Å². The van der Waals surface area contributed by atoms with E-state index in [0.717, 1.165) is 15.2 Å². The first-order valence-corrected chi connectivity index (χ1v) is 10.4. The molecule has 0 saturated heterocycles. The molecular weight excluding hydrogens is 431 g/mol. The second kappa shape index (κ2) is 8.42. The van der Waals surface area contributed by atoms with E-state index in [2.05, 4.69) is 4.98 Å². The lowest BCUT2D eigenvalue weighted by Crippen LogP contribution is -2.29. The molecule has 0 aliphatic heterocycles. The molecule has 0 spiro atoms. The highest BCUT2D eigenvalue weighted by atomic mass is 19.1. The lowest BCUT2D eigenvalue weighted by Gasteiger charge is -2.21. The van der Waals surface area contributed by atoms with Crippen LogP contribution < -0.4 is 5.56 Å². The molecule has 0 fully saturated rings. The number of benzene rings is 1. The van der Waals surface area contributed by atoms with Gasteiger partial charge in [0.25, 0.3) is 0 Å². The minimum Gasteiger partial charge on any atom is -0.443 e. The first kappa shape index (κ1) is 24.1. The molecule has 10 heteroatoms. The number of ether oxygens (including phenoxy) is 1. The van der Waals surface area contributed by atoms with Crippen molar-refractivity contribution < 1.29 is 18.8 Å². The first-order chi connectivity index (χ1) is 15.2. The predicted octanol–water partition coefficient (Wildman–Crippen LogP) is 4.67. The molecule has 9 nitrogen and oxygen atoms in total. The highest BCUT2D eigenvalue weighted by Crippen LogP contribution is 2.29. The second-order valence-electron chi connectivity index (χ2n) is 10.1. The summed E-state index contributed by atoms with van der Waals surface area (Å²) in [6, 6.07) is 5.04. The number of nitrogens with zero attached hydrogens (tertiary/aromatic N) is 4. The van der Waals surface area contributed by atoms with Gasteiger partial charge in [-0.25, -0.2) is 18.7 Å². The van der Waals surface area contributed by atoms with Gasteiger partial charge in [0.15, 0.2) is 0 Å². The van der Waals surface area contributed by atoms with Crippen molar-refractivity contribution in [2.75, 3.05) is 0 Å². The number of carbonyl (C=O) groups excluding carboxylic acids is 1. The highest BCUT2D eigenvalue weighted by molar-refractivity contribution is 5.89. The lowest BCUT2D eigenvalue weighted by atomic mass is 9.87. The average Bonchev–Trinajstić information content (AvgIpc) is 2.98. The fourth-order valence-corrected chi connectivity index (χ4v) is 3.52. The minimum atomic E-state index is -0.841. The number of nitro groups is 1. The Bertz CT molecular complexity index is 1300. The zero-order valence-corrected chi connectivity index (χ0v) is 19.5. The van der Waals surface area contributed by atoms with E-state index in [9.17, 15) is 24.1 Å². The Kier molecular flexibility index (Phi) is 6.14. The van der Waals surface area contributed by atoms with E-state index in [-0.39, 0.29) is 23.3 Å². The van der Waals surface area contributed by atoms with E-state index in [1.54, 1.807) is 20.8 Å². The van der Waals surface area contributed by atoms with Crippen LogP contribution >= 0.6 is 0 Å². The van der Waals surface area contributed by atoms with Crippen LogP contribution in [-0.4, -0.2) is 30.7 Å². The van der Waals surface area contributed by atoms with Gasteiger partial charge >= 0.3 is 17.3 Å². The third-order valence-corrected chi connectivity index (χ3v) is 4.68. The Labute approximate surface area is 190 Å². The van der Waals surface area contributed by atoms with E-state index >= 15 is 0 Å². The number of rotatable bonds is 4. The molecule has 0 unspecified atom stereocenters. The van der Waals surface area contributed by atoms with Crippen molar-refractivity contribution in [3.05, 3.63) is 68.1 Å². The fourth-order valence-electron chi connectivity index (χ4n) is 3.52. The normalized spacial score (nSPS) is 12.2. The van der Waals surface area contributed by atoms with Crippen LogP contribution in [0.5, 0.6) is 0 Å². The summed E-state index contributed by atoms with van der Waals surface area (Å²) < 4.78 is 22.3. The number of aromatic nitrogens is 3. The summed E-state index contributed by atoms with van der Waals surface area (Å²) in [6.45, 7) is 10.8. The quantitative estimate of drug-likeness (QED) is 0.415. The van der Waals surface area contributed by atoms with Gasteiger partial charge in [0.1, 0.15) is 17.2 Å². The third-order valence-electron chi connectivity index (χ3n) is 4.68. The number of carbonyl (C=O) groups is 1. The van der Waals surface area contributed by atoms with Crippen LogP contribution in [0.25, 0.3) is 11.0 Å². The number of imidazole rings is 1. The molecule has 2 aromatic heterocycles. The maximum Gasteiger partial charge on any atom is 0.420 e. The van der Waals surface area contributed by atoms with Gasteiger partial charge in [-0.3, -0.25) is 14.9 Å². The van der Waals surface area contributed by atoms with Crippen LogP contribution in [0.4, 0.5) is 14.9 Å². The Morgan fingerprint density at radius 1 is 1.21 bits per heavy atom. The molecule has 1 aromatic carbocycles. The van der Waals surface area contributed by atoms with Crippen molar-refractivity contribution in [3.63, 3.8) is 0 Å². The van der Waals surface area contributed by atoms with Gasteiger partial charge in [0.2, 0.25) is 0 Å². The molecule has 3 aromatic rings. The van der Waals surface area contributed by atoms with Gasteiger partial charge in [0.05, 0.1) is 22.5 Å². The molecule has 176 valence electrons. The zero-order valence-electron chi connectivity index (χ0n) is 19.5. The molecule has 33 heavy (non-hydrogen) atoms. The van der Waals surface area contributed by atoms with Crippen molar-refractivity contribution in [1.82, 2.24) is 14.1 Å². The number of hydrogen-bond donors (Lipinski definition) is 0. The summed E-state index contributed by atoms with van der Waals surface area (Å²) in [5, 5.41) is 11.2. The molecule has 3 rings (SSSR count). The fraction of sp³-hybridized carbons (Fsp3) is 0.435. The molecule has 0 saturated carbocycles. The molecule has 0 atom stereocenters. The summed E-state index contributed by atoms with van der Waals surface area (Å²) in [5.74, 6) is -0.437. The minimum absolute atomic E-state index is 0.0996. The van der Waals surface area contributed by atoms with Crippen LogP contribution in [0, 0.1) is 21.3 Å². The average molecular weight is 458 g/mol. The van der Waals surface area contributed by atoms with Gasteiger partial charge in [-0.2, -0.15) is 0 Å². The molecule has 0 aliphatic rings. The molecule has 0 aliphatic carbocycles. The van der Waals surface area contributed by atoms with Crippen molar-refractivity contribution in [2.45, 2.75) is 60.1 Å². The summed E-state index contributed by atoms with van der Waals surface area (Å²) in [7, 11) is 0. The van der Waals surface area contributed by atoms with E-state index in [4.69, 9.17) is 4.74 Å². The topological polar surface area (TPSA) is 109 Å². The smallest absolute Gasteiger partial charge is 0.420 e. The first-order valence-electron chi connectivity index (χ1n) is 10.4. The molecular formula is C23H27FN4O5. The standard InChI is InChI=1S/C23H27FN4O5/c1-22(2,3)12-14-10-15(24)11-17-19(14)25-18(27(17)21(30)33-23(4,5)6)13-26-9-7-8-16(20(26)29)28(31)32/h7-11H,12-13H2,1-6H3. The van der Waals surface area contributed by atoms with E-state index in [1.165, 1.54) is 24.4 Å².